The summed E-state index contributed by atoms with van der Waals surface area (Å²) in [5.41, 5.74) is 4.22. The monoisotopic (exact) mass is 409 g/mol. The summed E-state index contributed by atoms with van der Waals surface area (Å²) in [6.45, 7) is 8.24. The zero-order chi connectivity index (χ0) is 20.0. The zero-order valence-electron chi connectivity index (χ0n) is 16.6. The van der Waals surface area contributed by atoms with Gasteiger partial charge >= 0.3 is 0 Å². The average Bonchev–Trinajstić information content (AvgIpc) is 3.23. The lowest BCUT2D eigenvalue weighted by atomic mass is 10.1. The van der Waals surface area contributed by atoms with Crippen LogP contribution in [-0.2, 0) is 0 Å². The highest BCUT2D eigenvalue weighted by Gasteiger charge is 2.25. The number of aryl methyl sites for hydroxylation is 2. The molecule has 0 aliphatic carbocycles. The van der Waals surface area contributed by atoms with Crippen molar-refractivity contribution in [3.63, 3.8) is 0 Å². The second-order valence-electron chi connectivity index (χ2n) is 7.51. The number of benzene rings is 2. The van der Waals surface area contributed by atoms with Crippen molar-refractivity contribution in [2.45, 2.75) is 13.8 Å². The predicted molar refractivity (Wildman–Crippen MR) is 115 cm³/mol. The molecule has 2 aliphatic heterocycles. The van der Waals surface area contributed by atoms with Crippen molar-refractivity contribution in [2.24, 2.45) is 0 Å². The molecule has 0 radical (unpaired) electrons. The lowest BCUT2D eigenvalue weighted by Gasteiger charge is -2.34. The van der Waals surface area contributed by atoms with Crippen molar-refractivity contribution >= 4 is 32.6 Å². The number of anilines is 1. The van der Waals surface area contributed by atoms with E-state index in [1.165, 1.54) is 15.8 Å². The first-order valence-corrected chi connectivity index (χ1v) is 10.7. The molecule has 29 heavy (non-hydrogen) atoms. The van der Waals surface area contributed by atoms with Gasteiger partial charge in [0.1, 0.15) is 13.2 Å². The van der Waals surface area contributed by atoms with E-state index in [4.69, 9.17) is 14.5 Å². The predicted octanol–water partition coefficient (Wildman–Crippen LogP) is 3.65. The summed E-state index contributed by atoms with van der Waals surface area (Å²) >= 11 is 1.75. The molecule has 1 aromatic heterocycles. The summed E-state index contributed by atoms with van der Waals surface area (Å²) in [7, 11) is 0. The standard InChI is InChI=1S/C22H23N3O3S/c1-14-3-4-15(2)20-19(14)23-22(29-20)25-9-7-24(8-10-25)21(26)16-5-6-17-18(13-16)28-12-11-27-17/h3-6,13H,7-12H2,1-2H3. The molecule has 2 aromatic carbocycles. The Morgan fingerprint density at radius 2 is 1.69 bits per heavy atom. The smallest absolute Gasteiger partial charge is 0.254 e. The van der Waals surface area contributed by atoms with Crippen LogP contribution in [0.25, 0.3) is 10.2 Å². The minimum absolute atomic E-state index is 0.0395. The van der Waals surface area contributed by atoms with Crippen LogP contribution >= 0.6 is 11.3 Å². The Hall–Kier alpha value is -2.80. The minimum Gasteiger partial charge on any atom is -0.486 e. The third kappa shape index (κ3) is 3.29. The number of rotatable bonds is 2. The van der Waals surface area contributed by atoms with E-state index in [-0.39, 0.29) is 5.91 Å². The van der Waals surface area contributed by atoms with Gasteiger partial charge in [0.2, 0.25) is 0 Å². The first-order valence-electron chi connectivity index (χ1n) is 9.91. The van der Waals surface area contributed by atoms with E-state index in [2.05, 4.69) is 30.9 Å². The molecule has 7 heteroatoms. The number of nitrogens with zero attached hydrogens (tertiary/aromatic N) is 3. The summed E-state index contributed by atoms with van der Waals surface area (Å²) in [5, 5.41) is 1.05. The van der Waals surface area contributed by atoms with E-state index in [0.29, 0.717) is 43.4 Å². The highest BCUT2D eigenvalue weighted by Crippen LogP contribution is 2.34. The van der Waals surface area contributed by atoms with Gasteiger partial charge in [0.15, 0.2) is 16.6 Å². The van der Waals surface area contributed by atoms with Gasteiger partial charge in [-0.1, -0.05) is 23.5 Å². The molecule has 3 heterocycles. The molecule has 0 saturated carbocycles. The van der Waals surface area contributed by atoms with Crippen LogP contribution in [0.3, 0.4) is 0 Å². The van der Waals surface area contributed by atoms with Crippen molar-refractivity contribution in [1.29, 1.82) is 0 Å². The van der Waals surface area contributed by atoms with Gasteiger partial charge in [-0.3, -0.25) is 4.79 Å². The third-order valence-corrected chi connectivity index (χ3v) is 6.81. The van der Waals surface area contributed by atoms with E-state index in [1.807, 2.05) is 17.0 Å². The fourth-order valence-corrected chi connectivity index (χ4v) is 5.01. The second kappa shape index (κ2) is 7.22. The number of amides is 1. The molecule has 0 unspecified atom stereocenters. The number of carbonyl (C=O) groups is 1. The molecule has 0 N–H and O–H groups in total. The van der Waals surface area contributed by atoms with Gasteiger partial charge < -0.3 is 19.3 Å². The Kier molecular flexibility index (Phi) is 4.54. The Morgan fingerprint density at radius 3 is 2.45 bits per heavy atom. The van der Waals surface area contributed by atoms with E-state index < -0.39 is 0 Å². The van der Waals surface area contributed by atoms with Crippen LogP contribution in [-0.4, -0.2) is 55.2 Å². The molecule has 1 saturated heterocycles. The third-order valence-electron chi connectivity index (χ3n) is 5.56. The quantitative estimate of drug-likeness (QED) is 0.647. The van der Waals surface area contributed by atoms with E-state index >= 15 is 0 Å². The Morgan fingerprint density at radius 1 is 0.966 bits per heavy atom. The van der Waals surface area contributed by atoms with Crippen LogP contribution in [0.4, 0.5) is 5.13 Å². The zero-order valence-corrected chi connectivity index (χ0v) is 17.4. The molecule has 6 nitrogen and oxygen atoms in total. The number of hydrogen-bond acceptors (Lipinski definition) is 6. The van der Waals surface area contributed by atoms with Crippen LogP contribution in [0.15, 0.2) is 30.3 Å². The molecular weight excluding hydrogens is 386 g/mol. The molecular formula is C22H23N3O3S. The number of carbonyl (C=O) groups excluding carboxylic acids is 1. The largest absolute Gasteiger partial charge is 0.486 e. The average molecular weight is 410 g/mol. The summed E-state index contributed by atoms with van der Waals surface area (Å²) in [5.74, 6) is 1.40. The lowest BCUT2D eigenvalue weighted by molar-refractivity contribution is 0.0745. The first-order chi connectivity index (χ1) is 14.1. The highest BCUT2D eigenvalue weighted by atomic mass is 32.1. The van der Waals surface area contributed by atoms with Crippen LogP contribution < -0.4 is 14.4 Å². The van der Waals surface area contributed by atoms with Crippen LogP contribution in [0, 0.1) is 13.8 Å². The van der Waals surface area contributed by atoms with Gasteiger partial charge in [0.25, 0.3) is 5.91 Å². The number of thiazole rings is 1. The van der Waals surface area contributed by atoms with Gasteiger partial charge in [-0.2, -0.15) is 0 Å². The minimum atomic E-state index is 0.0395. The van der Waals surface area contributed by atoms with Crippen molar-refractivity contribution in [2.75, 3.05) is 44.3 Å². The van der Waals surface area contributed by atoms with Crippen LogP contribution in [0.5, 0.6) is 11.5 Å². The number of hydrogen-bond donors (Lipinski definition) is 0. The Bertz CT molecular complexity index is 1050. The van der Waals surface area contributed by atoms with Gasteiger partial charge in [0, 0.05) is 31.7 Å². The van der Waals surface area contributed by atoms with E-state index in [1.54, 1.807) is 17.4 Å². The number of aromatic nitrogens is 1. The molecule has 3 aromatic rings. The summed E-state index contributed by atoms with van der Waals surface area (Å²) in [6, 6.07) is 9.72. The maximum Gasteiger partial charge on any atom is 0.254 e. The van der Waals surface area contributed by atoms with Crippen molar-refractivity contribution in [1.82, 2.24) is 9.88 Å². The van der Waals surface area contributed by atoms with Crippen LogP contribution in [0.2, 0.25) is 0 Å². The lowest BCUT2D eigenvalue weighted by Crippen LogP contribution is -2.48. The van der Waals surface area contributed by atoms with Gasteiger partial charge in [-0.05, 0) is 43.2 Å². The second-order valence-corrected chi connectivity index (χ2v) is 8.49. The molecule has 2 aliphatic rings. The molecule has 1 amide bonds. The normalized spacial score (nSPS) is 16.3. The Balaban J connectivity index is 1.30. The summed E-state index contributed by atoms with van der Waals surface area (Å²) in [4.78, 5) is 22.0. The molecule has 5 rings (SSSR count). The number of piperazine rings is 1. The molecule has 150 valence electrons. The number of ether oxygens (including phenoxy) is 2. The molecule has 0 bridgehead atoms. The maximum absolute atomic E-state index is 13.0. The van der Waals surface area contributed by atoms with Gasteiger partial charge in [-0.25, -0.2) is 4.98 Å². The van der Waals surface area contributed by atoms with E-state index in [0.717, 1.165) is 23.7 Å². The van der Waals surface area contributed by atoms with Crippen molar-refractivity contribution in [3.05, 3.63) is 47.0 Å². The maximum atomic E-state index is 13.0. The molecule has 0 spiro atoms. The van der Waals surface area contributed by atoms with Crippen LogP contribution in [0.1, 0.15) is 21.5 Å². The first kappa shape index (κ1) is 18.2. The summed E-state index contributed by atoms with van der Waals surface area (Å²) in [6.07, 6.45) is 0. The SMILES string of the molecule is Cc1ccc(C)c2sc(N3CCN(C(=O)c4ccc5c(c4)OCCO5)CC3)nc12. The van der Waals surface area contributed by atoms with Gasteiger partial charge in [0.05, 0.1) is 10.2 Å². The van der Waals surface area contributed by atoms with Gasteiger partial charge in [-0.15, -0.1) is 0 Å². The Labute approximate surface area is 173 Å². The fraction of sp³-hybridized carbons (Fsp3) is 0.364. The molecule has 0 atom stereocenters. The van der Waals surface area contributed by atoms with E-state index in [9.17, 15) is 4.79 Å². The summed E-state index contributed by atoms with van der Waals surface area (Å²) < 4.78 is 12.4. The number of fused-ring (bicyclic) bond motifs is 2. The van der Waals surface area contributed by atoms with Crippen molar-refractivity contribution < 1.29 is 14.3 Å². The topological polar surface area (TPSA) is 54.9 Å². The highest BCUT2D eigenvalue weighted by molar-refractivity contribution is 7.22. The molecule has 1 fully saturated rings. The fourth-order valence-electron chi connectivity index (χ4n) is 3.84. The van der Waals surface area contributed by atoms with Crippen molar-refractivity contribution in [3.8, 4) is 11.5 Å².